The molecule has 0 fully saturated rings. The fourth-order valence-electron chi connectivity index (χ4n) is 4.36. The molecule has 3 aromatic carbocycles. The number of amides is 1. The van der Waals surface area contributed by atoms with Crippen LogP contribution >= 0.6 is 0 Å². The zero-order valence-electron chi connectivity index (χ0n) is 28.8. The molecule has 0 radical (unpaired) electrons. The third kappa shape index (κ3) is 15.7. The normalized spacial score (nSPS) is 11.0. The van der Waals surface area contributed by atoms with E-state index in [0.717, 1.165) is 33.2 Å². The molecule has 0 aliphatic rings. The molecule has 0 bridgehead atoms. The molecule has 262 valence electrons. The second kappa shape index (κ2) is 26.5. The van der Waals surface area contributed by atoms with E-state index >= 15 is 0 Å². The molecule has 0 aliphatic carbocycles. The van der Waals surface area contributed by atoms with E-state index in [9.17, 15) is 9.59 Å². The van der Waals surface area contributed by atoms with E-state index in [4.69, 9.17) is 39.9 Å². The van der Waals surface area contributed by atoms with Crippen molar-refractivity contribution >= 4 is 22.6 Å². The van der Waals surface area contributed by atoms with Crippen molar-refractivity contribution in [1.29, 1.82) is 0 Å². The maximum atomic E-state index is 11.9. The average molecular weight is 658 g/mol. The Bertz CT molecular complexity index is 1240. The first kappa shape index (κ1) is 41.4. The van der Waals surface area contributed by atoms with Crippen molar-refractivity contribution < 1.29 is 38.0 Å². The van der Waals surface area contributed by atoms with Gasteiger partial charge in [-0.1, -0.05) is 82.3 Å². The summed E-state index contributed by atoms with van der Waals surface area (Å²) in [5.74, 6) is 0.000411. The van der Waals surface area contributed by atoms with E-state index < -0.39 is 12.0 Å². The van der Waals surface area contributed by atoms with Gasteiger partial charge < -0.3 is 45.2 Å². The molecule has 3 rings (SSSR count). The number of fused-ring (bicyclic) bond motifs is 1. The minimum Gasteiger partial charge on any atom is -0.491 e. The van der Waals surface area contributed by atoms with Gasteiger partial charge in [-0.2, -0.15) is 0 Å². The van der Waals surface area contributed by atoms with Gasteiger partial charge in [0, 0.05) is 11.9 Å². The minimum absolute atomic E-state index is 0.00864. The van der Waals surface area contributed by atoms with Crippen LogP contribution in [0.1, 0.15) is 45.7 Å². The van der Waals surface area contributed by atoms with Crippen molar-refractivity contribution in [3.05, 3.63) is 66.2 Å². The number of methoxy groups -OCH3 is 1. The highest BCUT2D eigenvalue weighted by Crippen LogP contribution is 2.35. The molecule has 0 aromatic heterocycles. The van der Waals surface area contributed by atoms with Crippen LogP contribution < -0.4 is 21.5 Å². The Morgan fingerprint density at radius 1 is 0.681 bits per heavy atom. The predicted octanol–water partition coefficient (Wildman–Crippen LogP) is 4.64. The Labute approximate surface area is 280 Å². The third-order valence-corrected chi connectivity index (χ3v) is 6.49. The van der Waals surface area contributed by atoms with E-state index in [0.29, 0.717) is 66.0 Å². The number of hydrogen-bond acceptors (Lipinski definition) is 10. The van der Waals surface area contributed by atoms with Crippen molar-refractivity contribution in [1.82, 2.24) is 5.32 Å². The second-order valence-corrected chi connectivity index (χ2v) is 9.47. The molecule has 3 aromatic rings. The van der Waals surface area contributed by atoms with Crippen molar-refractivity contribution in [3.63, 3.8) is 0 Å². The number of ether oxygens (including phenoxy) is 6. The molecule has 11 heteroatoms. The summed E-state index contributed by atoms with van der Waals surface area (Å²) in [4.78, 5) is 23.8. The average Bonchev–Trinajstić information content (AvgIpc) is 3.13. The zero-order chi connectivity index (χ0) is 34.7. The summed E-state index contributed by atoms with van der Waals surface area (Å²) >= 11 is 0. The minimum atomic E-state index is -0.537. The van der Waals surface area contributed by atoms with Gasteiger partial charge in [-0.3, -0.25) is 9.59 Å². The molecule has 0 heterocycles. The number of esters is 1. The van der Waals surface area contributed by atoms with Crippen LogP contribution in [0.25, 0.3) is 21.9 Å². The molecular weight excluding hydrogens is 602 g/mol. The van der Waals surface area contributed by atoms with Gasteiger partial charge in [-0.25, -0.2) is 0 Å². The number of nitrogens with two attached hydrogens (primary N) is 2. The first-order chi connectivity index (χ1) is 23.1. The van der Waals surface area contributed by atoms with Gasteiger partial charge in [0.2, 0.25) is 5.91 Å². The SMILES string of the molecule is CC.CC.COC(=O)CC(NC(=O)CN)c1ccc(-c2ccc(OCCOCCOCCOCCOCCN)c3ccccc23)cc1. The summed E-state index contributed by atoms with van der Waals surface area (Å²) in [6, 6.07) is 19.2. The van der Waals surface area contributed by atoms with E-state index in [2.05, 4.69) is 11.4 Å². The molecule has 0 saturated heterocycles. The van der Waals surface area contributed by atoms with Crippen molar-refractivity contribution in [2.45, 2.75) is 40.2 Å². The molecule has 1 amide bonds. The van der Waals surface area contributed by atoms with Gasteiger partial charge in [-0.15, -0.1) is 0 Å². The van der Waals surface area contributed by atoms with Crippen molar-refractivity contribution in [2.24, 2.45) is 11.5 Å². The Balaban J connectivity index is 0.00000265. The summed E-state index contributed by atoms with van der Waals surface area (Å²) < 4.78 is 32.6. The van der Waals surface area contributed by atoms with Gasteiger partial charge in [0.05, 0.1) is 79.0 Å². The Hall–Kier alpha value is -3.58. The van der Waals surface area contributed by atoms with Gasteiger partial charge in [0.25, 0.3) is 0 Å². The van der Waals surface area contributed by atoms with Crippen LogP contribution in [0.2, 0.25) is 0 Å². The van der Waals surface area contributed by atoms with Gasteiger partial charge in [0.1, 0.15) is 12.4 Å². The lowest BCUT2D eigenvalue weighted by Gasteiger charge is -2.18. The fraction of sp³-hybridized carbons (Fsp3) is 0.500. The summed E-state index contributed by atoms with van der Waals surface area (Å²) in [6.45, 7) is 12.7. The largest absolute Gasteiger partial charge is 0.491 e. The molecule has 0 aliphatic heterocycles. The number of carbonyl (C=O) groups is 2. The topological polar surface area (TPSA) is 154 Å². The van der Waals surface area contributed by atoms with Crippen LogP contribution in [-0.2, 0) is 33.3 Å². The van der Waals surface area contributed by atoms with Crippen LogP contribution in [-0.4, -0.2) is 91.5 Å². The molecule has 11 nitrogen and oxygen atoms in total. The molecule has 47 heavy (non-hydrogen) atoms. The highest BCUT2D eigenvalue weighted by atomic mass is 16.6. The number of nitrogens with one attached hydrogen (secondary N) is 1. The standard InChI is InChI=1S/C32H43N3O8.2C2H6/c1-38-32(37)22-29(35-31(36)23-34)25-8-6-24(7-9-25)26-10-11-30(28-5-3-2-4-27(26)28)43-21-20-42-19-18-41-17-16-40-15-14-39-13-12-33;2*1-2/h2-11,29H,12-23,33-34H2,1H3,(H,35,36);2*1-2H3. The highest BCUT2D eigenvalue weighted by Gasteiger charge is 2.19. The summed E-state index contributed by atoms with van der Waals surface area (Å²) in [5.41, 5.74) is 13.6. The van der Waals surface area contributed by atoms with Crippen LogP contribution in [0.15, 0.2) is 60.7 Å². The monoisotopic (exact) mass is 657 g/mol. The van der Waals surface area contributed by atoms with E-state index in [-0.39, 0.29) is 18.9 Å². The predicted molar refractivity (Wildman–Crippen MR) is 186 cm³/mol. The van der Waals surface area contributed by atoms with Gasteiger partial charge >= 0.3 is 5.97 Å². The lowest BCUT2D eigenvalue weighted by molar-refractivity contribution is -0.141. The van der Waals surface area contributed by atoms with Crippen molar-refractivity contribution in [3.8, 4) is 16.9 Å². The van der Waals surface area contributed by atoms with E-state index in [1.54, 1.807) is 0 Å². The molecule has 5 N–H and O–H groups in total. The van der Waals surface area contributed by atoms with Gasteiger partial charge in [0.15, 0.2) is 0 Å². The Morgan fingerprint density at radius 2 is 1.21 bits per heavy atom. The van der Waals surface area contributed by atoms with Crippen LogP contribution in [0.5, 0.6) is 5.75 Å². The Kier molecular flexibility index (Phi) is 23.4. The Morgan fingerprint density at radius 3 is 1.74 bits per heavy atom. The molecule has 0 saturated carbocycles. The highest BCUT2D eigenvalue weighted by molar-refractivity contribution is 6.00. The molecule has 1 unspecified atom stereocenters. The first-order valence-electron chi connectivity index (χ1n) is 16.4. The maximum absolute atomic E-state index is 11.9. The first-order valence-corrected chi connectivity index (χ1v) is 16.4. The maximum Gasteiger partial charge on any atom is 0.307 e. The smallest absolute Gasteiger partial charge is 0.307 e. The van der Waals surface area contributed by atoms with Gasteiger partial charge in [-0.05, 0) is 28.1 Å². The van der Waals surface area contributed by atoms with Crippen LogP contribution in [0.3, 0.4) is 0 Å². The number of rotatable bonds is 21. The molecular formula is C36H55N3O8. The number of carbonyl (C=O) groups excluding carboxylic acids is 2. The quantitative estimate of drug-likeness (QED) is 0.109. The second-order valence-electron chi connectivity index (χ2n) is 9.47. The molecule has 1 atom stereocenters. The summed E-state index contributed by atoms with van der Waals surface area (Å²) in [7, 11) is 1.32. The van der Waals surface area contributed by atoms with E-state index in [1.807, 2.05) is 82.3 Å². The van der Waals surface area contributed by atoms with Crippen LogP contribution in [0.4, 0.5) is 0 Å². The zero-order valence-corrected chi connectivity index (χ0v) is 28.8. The van der Waals surface area contributed by atoms with Crippen LogP contribution in [0, 0.1) is 0 Å². The number of hydrogen-bond donors (Lipinski definition) is 3. The number of benzene rings is 3. The van der Waals surface area contributed by atoms with E-state index in [1.165, 1.54) is 7.11 Å². The summed E-state index contributed by atoms with van der Waals surface area (Å²) in [6.07, 6.45) is 0.00864. The lowest BCUT2D eigenvalue weighted by atomic mass is 9.95. The lowest BCUT2D eigenvalue weighted by Crippen LogP contribution is -2.35. The molecule has 0 spiro atoms. The fourth-order valence-corrected chi connectivity index (χ4v) is 4.36. The summed E-state index contributed by atoms with van der Waals surface area (Å²) in [5, 5.41) is 4.81. The van der Waals surface area contributed by atoms with Crippen molar-refractivity contribution in [2.75, 3.05) is 79.7 Å². The third-order valence-electron chi connectivity index (χ3n) is 6.49.